The van der Waals surface area contributed by atoms with Gasteiger partial charge in [0.15, 0.2) is 0 Å². The van der Waals surface area contributed by atoms with Crippen LogP contribution in [0.1, 0.15) is 38.5 Å². The van der Waals surface area contributed by atoms with Crippen LogP contribution < -0.4 is 11.1 Å². The van der Waals surface area contributed by atoms with Crippen molar-refractivity contribution in [3.8, 4) is 0 Å². The lowest BCUT2D eigenvalue weighted by atomic mass is 9.49. The van der Waals surface area contributed by atoms with Crippen LogP contribution in [-0.2, 0) is 0 Å². The highest BCUT2D eigenvalue weighted by Crippen LogP contribution is 2.59. The SMILES string of the molecule is Nc1ccccc1NCC12CC3CC(CC(C3)C1)C2. The Kier molecular flexibility index (Phi) is 2.54. The molecule has 2 heteroatoms. The summed E-state index contributed by atoms with van der Waals surface area (Å²) in [5.74, 6) is 3.09. The van der Waals surface area contributed by atoms with Crippen molar-refractivity contribution in [1.29, 1.82) is 0 Å². The Morgan fingerprint density at radius 3 is 2.16 bits per heavy atom. The van der Waals surface area contributed by atoms with Crippen molar-refractivity contribution in [3.63, 3.8) is 0 Å². The quantitative estimate of drug-likeness (QED) is 0.805. The van der Waals surface area contributed by atoms with Crippen LogP contribution in [-0.4, -0.2) is 6.54 Å². The van der Waals surface area contributed by atoms with Gasteiger partial charge in [0.05, 0.1) is 11.4 Å². The summed E-state index contributed by atoms with van der Waals surface area (Å²) in [6.07, 6.45) is 8.93. The second-order valence-corrected chi connectivity index (χ2v) is 7.36. The van der Waals surface area contributed by atoms with E-state index in [4.69, 9.17) is 5.73 Å². The number of nitrogens with two attached hydrogens (primary N) is 1. The topological polar surface area (TPSA) is 38.0 Å². The van der Waals surface area contributed by atoms with E-state index in [1.54, 1.807) is 0 Å². The van der Waals surface area contributed by atoms with E-state index in [1.165, 1.54) is 38.5 Å². The van der Waals surface area contributed by atoms with E-state index in [9.17, 15) is 0 Å². The average Bonchev–Trinajstić information content (AvgIpc) is 2.36. The van der Waals surface area contributed by atoms with Gasteiger partial charge in [-0.25, -0.2) is 0 Å². The molecule has 4 bridgehead atoms. The van der Waals surface area contributed by atoms with Crippen molar-refractivity contribution in [2.75, 3.05) is 17.6 Å². The lowest BCUT2D eigenvalue weighted by Crippen LogP contribution is -2.49. The number of anilines is 2. The summed E-state index contributed by atoms with van der Waals surface area (Å²) >= 11 is 0. The van der Waals surface area contributed by atoms with E-state index in [2.05, 4.69) is 17.4 Å². The fourth-order valence-electron chi connectivity index (χ4n) is 5.45. The van der Waals surface area contributed by atoms with Gasteiger partial charge in [-0.15, -0.1) is 0 Å². The first-order valence-corrected chi connectivity index (χ1v) is 7.81. The second-order valence-electron chi connectivity index (χ2n) is 7.36. The molecule has 4 saturated carbocycles. The van der Waals surface area contributed by atoms with Crippen LogP contribution in [0, 0.1) is 23.2 Å². The lowest BCUT2D eigenvalue weighted by molar-refractivity contribution is -0.0444. The van der Waals surface area contributed by atoms with Crippen LogP contribution in [0.3, 0.4) is 0 Å². The Morgan fingerprint density at radius 1 is 1.00 bits per heavy atom. The van der Waals surface area contributed by atoms with Crippen molar-refractivity contribution < 1.29 is 0 Å². The summed E-state index contributed by atoms with van der Waals surface area (Å²) in [5.41, 5.74) is 8.62. The fraction of sp³-hybridized carbons (Fsp3) is 0.647. The van der Waals surface area contributed by atoms with Gasteiger partial charge in [-0.3, -0.25) is 0 Å². The summed E-state index contributed by atoms with van der Waals surface area (Å²) < 4.78 is 0. The molecular formula is C17H24N2. The zero-order valence-corrected chi connectivity index (χ0v) is 11.6. The summed E-state index contributed by atoms with van der Waals surface area (Å²) in [6, 6.07) is 8.17. The molecule has 19 heavy (non-hydrogen) atoms. The molecular weight excluding hydrogens is 232 g/mol. The van der Waals surface area contributed by atoms with Crippen LogP contribution in [0.25, 0.3) is 0 Å². The van der Waals surface area contributed by atoms with Gasteiger partial charge < -0.3 is 11.1 Å². The van der Waals surface area contributed by atoms with Gasteiger partial charge in [0.2, 0.25) is 0 Å². The van der Waals surface area contributed by atoms with Crippen LogP contribution in [0.2, 0.25) is 0 Å². The van der Waals surface area contributed by atoms with E-state index in [-0.39, 0.29) is 0 Å². The highest BCUT2D eigenvalue weighted by molar-refractivity contribution is 5.65. The molecule has 0 aromatic heterocycles. The Bertz CT molecular complexity index is 445. The first-order chi connectivity index (χ1) is 9.22. The average molecular weight is 256 g/mol. The van der Waals surface area contributed by atoms with E-state index >= 15 is 0 Å². The van der Waals surface area contributed by atoms with Crippen molar-refractivity contribution in [3.05, 3.63) is 24.3 Å². The molecule has 0 aliphatic heterocycles. The molecule has 1 aromatic rings. The molecule has 1 aromatic carbocycles. The molecule has 5 rings (SSSR count). The van der Waals surface area contributed by atoms with Gasteiger partial charge in [0.25, 0.3) is 0 Å². The largest absolute Gasteiger partial charge is 0.397 e. The van der Waals surface area contributed by atoms with Crippen LogP contribution in [0.5, 0.6) is 0 Å². The molecule has 0 heterocycles. The molecule has 4 fully saturated rings. The van der Waals surface area contributed by atoms with Gasteiger partial charge in [-0.2, -0.15) is 0 Å². The van der Waals surface area contributed by atoms with E-state index in [0.29, 0.717) is 5.41 Å². The molecule has 0 radical (unpaired) electrons. The van der Waals surface area contributed by atoms with Crippen molar-refractivity contribution in [1.82, 2.24) is 0 Å². The third-order valence-corrected chi connectivity index (χ3v) is 5.78. The lowest BCUT2D eigenvalue weighted by Gasteiger charge is -2.57. The monoisotopic (exact) mass is 256 g/mol. The molecule has 0 saturated heterocycles. The summed E-state index contributed by atoms with van der Waals surface area (Å²) in [4.78, 5) is 0. The van der Waals surface area contributed by atoms with Crippen molar-refractivity contribution in [2.45, 2.75) is 38.5 Å². The molecule has 4 aliphatic rings. The van der Waals surface area contributed by atoms with Gasteiger partial charge in [-0.05, 0) is 73.8 Å². The second kappa shape index (κ2) is 4.16. The standard InChI is InChI=1S/C17H24N2/c18-15-3-1-2-4-16(15)19-11-17-8-12-5-13(9-17)7-14(6-12)10-17/h1-4,12-14,19H,5-11,18H2. The van der Waals surface area contributed by atoms with Crippen LogP contribution >= 0.6 is 0 Å². The van der Waals surface area contributed by atoms with E-state index < -0.39 is 0 Å². The van der Waals surface area contributed by atoms with E-state index in [1.807, 2.05) is 12.1 Å². The maximum Gasteiger partial charge on any atom is 0.0574 e. The summed E-state index contributed by atoms with van der Waals surface area (Å²) in [7, 11) is 0. The molecule has 102 valence electrons. The number of benzene rings is 1. The van der Waals surface area contributed by atoms with Gasteiger partial charge in [0, 0.05) is 6.54 Å². The third kappa shape index (κ3) is 2.01. The number of para-hydroxylation sites is 2. The highest BCUT2D eigenvalue weighted by atomic mass is 14.9. The first kappa shape index (κ1) is 11.6. The van der Waals surface area contributed by atoms with Crippen LogP contribution in [0.4, 0.5) is 11.4 Å². The molecule has 4 aliphatic carbocycles. The van der Waals surface area contributed by atoms with Gasteiger partial charge in [0.1, 0.15) is 0 Å². The number of nitrogen functional groups attached to an aromatic ring is 1. The minimum absolute atomic E-state index is 0.580. The Morgan fingerprint density at radius 2 is 1.58 bits per heavy atom. The zero-order valence-electron chi connectivity index (χ0n) is 11.6. The molecule has 0 amide bonds. The fourth-order valence-corrected chi connectivity index (χ4v) is 5.45. The maximum atomic E-state index is 6.04. The number of hydrogen-bond acceptors (Lipinski definition) is 2. The Hall–Kier alpha value is -1.18. The van der Waals surface area contributed by atoms with Crippen molar-refractivity contribution in [2.24, 2.45) is 23.2 Å². The van der Waals surface area contributed by atoms with Crippen molar-refractivity contribution >= 4 is 11.4 Å². The number of nitrogens with one attached hydrogen (secondary N) is 1. The number of hydrogen-bond donors (Lipinski definition) is 2. The summed E-state index contributed by atoms with van der Waals surface area (Å²) in [6.45, 7) is 1.13. The van der Waals surface area contributed by atoms with Gasteiger partial charge >= 0.3 is 0 Å². The molecule has 0 atom stereocenters. The zero-order chi connectivity index (χ0) is 12.9. The summed E-state index contributed by atoms with van der Waals surface area (Å²) in [5, 5.41) is 3.64. The Labute approximate surface area is 115 Å². The predicted molar refractivity (Wildman–Crippen MR) is 79.9 cm³/mol. The minimum Gasteiger partial charge on any atom is -0.397 e. The van der Waals surface area contributed by atoms with Gasteiger partial charge in [-0.1, -0.05) is 12.1 Å². The third-order valence-electron chi connectivity index (χ3n) is 5.78. The molecule has 0 spiro atoms. The van der Waals surface area contributed by atoms with E-state index in [0.717, 1.165) is 35.7 Å². The smallest absolute Gasteiger partial charge is 0.0574 e. The first-order valence-electron chi connectivity index (χ1n) is 7.81. The molecule has 0 unspecified atom stereocenters. The van der Waals surface area contributed by atoms with Crippen LogP contribution in [0.15, 0.2) is 24.3 Å². The normalized spacial score (nSPS) is 39.5. The molecule has 3 N–H and O–H groups in total. The Balaban J connectivity index is 1.49. The maximum absolute atomic E-state index is 6.04. The predicted octanol–water partition coefficient (Wildman–Crippen LogP) is 3.90. The number of rotatable bonds is 3. The highest BCUT2D eigenvalue weighted by Gasteiger charge is 2.50. The minimum atomic E-state index is 0.580. The molecule has 2 nitrogen and oxygen atoms in total.